The molecule has 0 aliphatic carbocycles. The van der Waals surface area contributed by atoms with Gasteiger partial charge >= 0.3 is 0 Å². The Kier molecular flexibility index (Phi) is 2.77. The molecule has 0 saturated heterocycles. The second-order valence-corrected chi connectivity index (χ2v) is 4.38. The summed E-state index contributed by atoms with van der Waals surface area (Å²) >= 11 is 1.45. The van der Waals surface area contributed by atoms with Gasteiger partial charge in [0.15, 0.2) is 0 Å². The van der Waals surface area contributed by atoms with Crippen molar-refractivity contribution in [2.24, 2.45) is 0 Å². The summed E-state index contributed by atoms with van der Waals surface area (Å²) in [5.74, 6) is 0.525. The number of nitrogen functional groups attached to an aromatic ring is 1. The number of benzene rings is 1. The Bertz CT molecular complexity index is 499. The Hall–Kier alpha value is -1.29. The van der Waals surface area contributed by atoms with Crippen LogP contribution in [0.5, 0.6) is 0 Å². The predicted octanol–water partition coefficient (Wildman–Crippen LogP) is 3.07. The van der Waals surface area contributed by atoms with Gasteiger partial charge in [0.05, 0.1) is 10.4 Å². The third-order valence-electron chi connectivity index (χ3n) is 2.12. The number of halogens is 1. The van der Waals surface area contributed by atoms with E-state index in [-0.39, 0.29) is 5.82 Å². The quantitative estimate of drug-likeness (QED) is 0.627. The summed E-state index contributed by atoms with van der Waals surface area (Å²) in [5, 5.41) is 0.815. The third kappa shape index (κ3) is 1.77. The molecule has 0 aliphatic heterocycles. The molecule has 1 aromatic carbocycles. The van der Waals surface area contributed by atoms with Gasteiger partial charge in [0.2, 0.25) is 0 Å². The fraction of sp³-hybridized carbons (Fsp3) is 0.182. The fourth-order valence-corrected chi connectivity index (χ4v) is 2.28. The molecule has 1 aromatic heterocycles. The topological polar surface area (TPSA) is 38.9 Å². The summed E-state index contributed by atoms with van der Waals surface area (Å²) < 4.78 is 13.6. The van der Waals surface area contributed by atoms with E-state index in [1.165, 1.54) is 17.8 Å². The molecule has 0 bridgehead atoms. The number of anilines is 1. The molecule has 2 aromatic rings. The number of thioether (sulfide) groups is 1. The maximum Gasteiger partial charge on any atom is 0.141 e. The van der Waals surface area contributed by atoms with E-state index in [0.29, 0.717) is 16.1 Å². The lowest BCUT2D eigenvalue weighted by molar-refractivity contribution is 0.605. The van der Waals surface area contributed by atoms with Crippen LogP contribution in [0.4, 0.5) is 10.1 Å². The molecule has 0 aliphatic rings. The van der Waals surface area contributed by atoms with E-state index in [0.717, 1.165) is 11.1 Å². The lowest BCUT2D eigenvalue weighted by Gasteiger charge is -2.07. The van der Waals surface area contributed by atoms with Gasteiger partial charge in [-0.25, -0.2) is 4.39 Å². The lowest BCUT2D eigenvalue weighted by atomic mass is 10.2. The van der Waals surface area contributed by atoms with Crippen LogP contribution >= 0.6 is 11.8 Å². The minimum atomic E-state index is -0.287. The first-order valence-corrected chi connectivity index (χ1v) is 5.68. The van der Waals surface area contributed by atoms with E-state index in [1.54, 1.807) is 12.3 Å². The van der Waals surface area contributed by atoms with Crippen molar-refractivity contribution < 1.29 is 4.39 Å². The summed E-state index contributed by atoms with van der Waals surface area (Å²) in [6, 6.07) is 5.02. The molecule has 2 rings (SSSR count). The number of fused-ring (bicyclic) bond motifs is 1. The van der Waals surface area contributed by atoms with E-state index in [4.69, 9.17) is 5.73 Å². The van der Waals surface area contributed by atoms with Crippen LogP contribution < -0.4 is 5.73 Å². The monoisotopic (exact) mass is 222 g/mol. The van der Waals surface area contributed by atoms with Crippen LogP contribution in [-0.4, -0.2) is 10.7 Å². The minimum absolute atomic E-state index is 0.287. The highest BCUT2D eigenvalue weighted by atomic mass is 32.2. The highest BCUT2D eigenvalue weighted by Crippen LogP contribution is 2.32. The van der Waals surface area contributed by atoms with Gasteiger partial charge < -0.3 is 5.73 Å². The highest BCUT2D eigenvalue weighted by molar-refractivity contribution is 7.99. The molecule has 0 saturated carbocycles. The van der Waals surface area contributed by atoms with Gasteiger partial charge in [0, 0.05) is 17.3 Å². The largest absolute Gasteiger partial charge is 0.398 e. The van der Waals surface area contributed by atoms with Crippen molar-refractivity contribution in [3.05, 3.63) is 30.2 Å². The van der Waals surface area contributed by atoms with Gasteiger partial charge in [-0.3, -0.25) is 4.98 Å². The van der Waals surface area contributed by atoms with Crippen LogP contribution in [0.1, 0.15) is 6.92 Å². The second kappa shape index (κ2) is 4.06. The first-order valence-electron chi connectivity index (χ1n) is 4.69. The van der Waals surface area contributed by atoms with Crippen molar-refractivity contribution in [1.82, 2.24) is 4.98 Å². The summed E-state index contributed by atoms with van der Waals surface area (Å²) in [4.78, 5) is 4.77. The van der Waals surface area contributed by atoms with Gasteiger partial charge in [-0.2, -0.15) is 0 Å². The van der Waals surface area contributed by atoms with Gasteiger partial charge in [-0.15, -0.1) is 11.8 Å². The van der Waals surface area contributed by atoms with Crippen molar-refractivity contribution in [2.45, 2.75) is 11.8 Å². The molecule has 4 heteroatoms. The zero-order valence-electron chi connectivity index (χ0n) is 8.33. The lowest BCUT2D eigenvalue weighted by Crippen LogP contribution is -1.94. The number of hydrogen-bond acceptors (Lipinski definition) is 3. The van der Waals surface area contributed by atoms with Crippen LogP contribution in [-0.2, 0) is 0 Å². The average Bonchev–Trinajstić information content (AvgIpc) is 2.24. The highest BCUT2D eigenvalue weighted by Gasteiger charge is 2.11. The predicted molar refractivity (Wildman–Crippen MR) is 62.5 cm³/mol. The zero-order valence-corrected chi connectivity index (χ0v) is 9.14. The number of rotatable bonds is 2. The van der Waals surface area contributed by atoms with Crippen molar-refractivity contribution in [1.29, 1.82) is 0 Å². The standard InChI is InChI=1S/C11H11FN2S/c1-2-15-11-8(12)6-9(13)7-4-3-5-14-10(7)11/h3-6H,2,13H2,1H3. The van der Waals surface area contributed by atoms with Crippen molar-refractivity contribution in [2.75, 3.05) is 11.5 Å². The van der Waals surface area contributed by atoms with Gasteiger partial charge in [-0.1, -0.05) is 6.92 Å². The Morgan fingerprint density at radius 1 is 1.53 bits per heavy atom. The van der Waals surface area contributed by atoms with E-state index in [2.05, 4.69) is 4.98 Å². The molecule has 2 nitrogen and oxygen atoms in total. The summed E-state index contributed by atoms with van der Waals surface area (Å²) in [6.45, 7) is 1.98. The average molecular weight is 222 g/mol. The molecule has 0 spiro atoms. The molecule has 2 N–H and O–H groups in total. The summed E-state index contributed by atoms with van der Waals surface area (Å²) in [6.07, 6.45) is 1.65. The van der Waals surface area contributed by atoms with E-state index in [9.17, 15) is 4.39 Å². The number of nitrogens with zero attached hydrogens (tertiary/aromatic N) is 1. The van der Waals surface area contributed by atoms with Crippen molar-refractivity contribution in [3.63, 3.8) is 0 Å². The number of hydrogen-bond donors (Lipinski definition) is 1. The number of nitrogens with two attached hydrogens (primary N) is 1. The molecule has 0 unspecified atom stereocenters. The molecule has 1 heterocycles. The van der Waals surface area contributed by atoms with Crippen LogP contribution in [0, 0.1) is 5.82 Å². The first-order chi connectivity index (χ1) is 7.24. The normalized spacial score (nSPS) is 10.8. The van der Waals surface area contributed by atoms with Crippen LogP contribution in [0.15, 0.2) is 29.3 Å². The smallest absolute Gasteiger partial charge is 0.141 e. The van der Waals surface area contributed by atoms with E-state index >= 15 is 0 Å². The third-order valence-corrected chi connectivity index (χ3v) is 3.09. The summed E-state index contributed by atoms with van der Waals surface area (Å²) in [5.41, 5.74) is 6.83. The maximum atomic E-state index is 13.6. The SMILES string of the molecule is CCSc1c(F)cc(N)c2cccnc12. The Morgan fingerprint density at radius 3 is 3.07 bits per heavy atom. The Labute approximate surface area is 91.7 Å². The second-order valence-electron chi connectivity index (χ2n) is 3.11. The van der Waals surface area contributed by atoms with E-state index < -0.39 is 0 Å². The molecule has 0 fully saturated rings. The molecular formula is C11H11FN2S. The van der Waals surface area contributed by atoms with Crippen molar-refractivity contribution in [3.8, 4) is 0 Å². The zero-order chi connectivity index (χ0) is 10.8. The van der Waals surface area contributed by atoms with E-state index in [1.807, 2.05) is 13.0 Å². The first kappa shape index (κ1) is 10.2. The molecule has 0 atom stereocenters. The van der Waals surface area contributed by atoms with Crippen LogP contribution in [0.25, 0.3) is 10.9 Å². The van der Waals surface area contributed by atoms with Crippen LogP contribution in [0.3, 0.4) is 0 Å². The fourth-order valence-electron chi connectivity index (χ4n) is 1.49. The maximum absolute atomic E-state index is 13.6. The van der Waals surface area contributed by atoms with Gasteiger partial charge in [-0.05, 0) is 24.0 Å². The Balaban J connectivity index is 2.77. The molecule has 0 radical (unpaired) electrons. The molecular weight excluding hydrogens is 211 g/mol. The number of pyridine rings is 1. The van der Waals surface area contributed by atoms with Crippen molar-refractivity contribution >= 4 is 28.4 Å². The Morgan fingerprint density at radius 2 is 2.33 bits per heavy atom. The molecule has 15 heavy (non-hydrogen) atoms. The molecule has 0 amide bonds. The summed E-state index contributed by atoms with van der Waals surface area (Å²) in [7, 11) is 0. The van der Waals surface area contributed by atoms with Crippen LogP contribution in [0.2, 0.25) is 0 Å². The van der Waals surface area contributed by atoms with Gasteiger partial charge in [0.25, 0.3) is 0 Å². The van der Waals surface area contributed by atoms with Gasteiger partial charge in [0.1, 0.15) is 5.82 Å². The molecule has 78 valence electrons. The minimum Gasteiger partial charge on any atom is -0.398 e. The number of aromatic nitrogens is 1.